The summed E-state index contributed by atoms with van der Waals surface area (Å²) in [4.78, 5) is 20.5. The molecule has 1 amide bonds. The molecular formula is C21H24N4O3S. The lowest BCUT2D eigenvalue weighted by molar-refractivity contribution is -0.0476. The van der Waals surface area contributed by atoms with Gasteiger partial charge in [0.25, 0.3) is 5.91 Å². The zero-order valence-corrected chi connectivity index (χ0v) is 17.3. The van der Waals surface area contributed by atoms with Crippen LogP contribution in [0.2, 0.25) is 0 Å². The number of thiophene rings is 1. The SMILES string of the molecule is CCC1CC(O)(c2cccc(OC)n2)CCN1C(=O)c1csc(-c2cn[nH]c2)c1. The van der Waals surface area contributed by atoms with E-state index < -0.39 is 5.60 Å². The first-order valence-corrected chi connectivity index (χ1v) is 10.5. The van der Waals surface area contributed by atoms with Crippen LogP contribution in [0.1, 0.15) is 42.2 Å². The van der Waals surface area contributed by atoms with Gasteiger partial charge in [-0.3, -0.25) is 9.89 Å². The Morgan fingerprint density at radius 2 is 2.34 bits per heavy atom. The molecule has 0 spiro atoms. The summed E-state index contributed by atoms with van der Waals surface area (Å²) in [6, 6.07) is 7.27. The highest BCUT2D eigenvalue weighted by molar-refractivity contribution is 7.13. The molecule has 4 heterocycles. The third kappa shape index (κ3) is 3.77. The fourth-order valence-corrected chi connectivity index (χ4v) is 4.76. The van der Waals surface area contributed by atoms with E-state index in [2.05, 4.69) is 15.2 Å². The molecule has 0 radical (unpaired) electrons. The summed E-state index contributed by atoms with van der Waals surface area (Å²) < 4.78 is 5.20. The number of aromatic amines is 1. The number of pyridine rings is 1. The van der Waals surface area contributed by atoms with E-state index in [1.165, 1.54) is 11.3 Å². The third-order valence-electron chi connectivity index (χ3n) is 5.55. The number of nitrogens with one attached hydrogen (secondary N) is 1. The Balaban J connectivity index is 1.53. The predicted octanol–water partition coefficient (Wildman–Crippen LogP) is 3.44. The first kappa shape index (κ1) is 19.6. The number of H-pyrrole nitrogens is 1. The zero-order chi connectivity index (χ0) is 20.4. The summed E-state index contributed by atoms with van der Waals surface area (Å²) in [5, 5.41) is 20.0. The number of carbonyl (C=O) groups is 1. The van der Waals surface area contributed by atoms with Gasteiger partial charge in [0, 0.05) is 47.1 Å². The number of piperidine rings is 1. The van der Waals surface area contributed by atoms with Gasteiger partial charge in [-0.05, 0) is 25.0 Å². The van der Waals surface area contributed by atoms with E-state index in [9.17, 15) is 9.90 Å². The molecule has 3 aromatic rings. The fourth-order valence-electron chi connectivity index (χ4n) is 3.89. The number of carbonyl (C=O) groups excluding carboxylic acids is 1. The smallest absolute Gasteiger partial charge is 0.254 e. The van der Waals surface area contributed by atoms with Gasteiger partial charge < -0.3 is 14.7 Å². The summed E-state index contributed by atoms with van der Waals surface area (Å²) in [6.07, 6.45) is 5.22. The van der Waals surface area contributed by atoms with Crippen LogP contribution in [0.5, 0.6) is 5.88 Å². The van der Waals surface area contributed by atoms with Crippen molar-refractivity contribution in [3.63, 3.8) is 0 Å². The van der Waals surface area contributed by atoms with Gasteiger partial charge in [0.05, 0.1) is 24.6 Å². The number of aromatic nitrogens is 3. The molecule has 0 saturated carbocycles. The minimum atomic E-state index is -1.07. The van der Waals surface area contributed by atoms with Gasteiger partial charge in [-0.25, -0.2) is 4.98 Å². The first-order chi connectivity index (χ1) is 14.0. The van der Waals surface area contributed by atoms with E-state index in [4.69, 9.17) is 4.74 Å². The number of aliphatic hydroxyl groups is 1. The molecule has 1 aliphatic rings. The Bertz CT molecular complexity index is 987. The lowest BCUT2D eigenvalue weighted by atomic mass is 9.82. The van der Waals surface area contributed by atoms with Crippen LogP contribution < -0.4 is 4.74 Å². The second-order valence-corrected chi connectivity index (χ2v) is 8.21. The molecule has 1 aliphatic heterocycles. The van der Waals surface area contributed by atoms with Crippen LogP contribution in [0.15, 0.2) is 42.0 Å². The van der Waals surface area contributed by atoms with E-state index in [0.29, 0.717) is 36.5 Å². The fraction of sp³-hybridized carbons (Fsp3) is 0.381. The third-order valence-corrected chi connectivity index (χ3v) is 6.53. The van der Waals surface area contributed by atoms with Crippen molar-refractivity contribution in [3.05, 3.63) is 53.3 Å². The molecule has 0 bridgehead atoms. The summed E-state index contributed by atoms with van der Waals surface area (Å²) in [6.45, 7) is 2.52. The summed E-state index contributed by atoms with van der Waals surface area (Å²) in [7, 11) is 1.56. The van der Waals surface area contributed by atoms with Crippen LogP contribution in [0, 0.1) is 0 Å². The molecule has 8 heteroatoms. The van der Waals surface area contributed by atoms with Crippen molar-refractivity contribution in [3.8, 4) is 16.3 Å². The molecule has 0 aliphatic carbocycles. The minimum Gasteiger partial charge on any atom is -0.481 e. The lowest BCUT2D eigenvalue weighted by Crippen LogP contribution is -2.51. The number of amides is 1. The molecule has 4 rings (SSSR count). The van der Waals surface area contributed by atoms with Crippen LogP contribution in [-0.4, -0.2) is 50.8 Å². The largest absolute Gasteiger partial charge is 0.481 e. The molecular weight excluding hydrogens is 388 g/mol. The Morgan fingerprint density at radius 1 is 1.48 bits per heavy atom. The van der Waals surface area contributed by atoms with Crippen molar-refractivity contribution in [2.45, 2.75) is 37.8 Å². The number of rotatable bonds is 5. The van der Waals surface area contributed by atoms with Crippen LogP contribution >= 0.6 is 11.3 Å². The van der Waals surface area contributed by atoms with E-state index in [1.807, 2.05) is 41.6 Å². The minimum absolute atomic E-state index is 0.00324. The van der Waals surface area contributed by atoms with Crippen LogP contribution in [0.4, 0.5) is 0 Å². The van der Waals surface area contributed by atoms with Crippen LogP contribution in [-0.2, 0) is 5.60 Å². The average Bonchev–Trinajstić information content (AvgIpc) is 3.45. The zero-order valence-electron chi connectivity index (χ0n) is 16.5. The quantitative estimate of drug-likeness (QED) is 0.670. The molecule has 152 valence electrons. The predicted molar refractivity (Wildman–Crippen MR) is 111 cm³/mol. The molecule has 2 N–H and O–H groups in total. The maximum absolute atomic E-state index is 13.2. The Labute approximate surface area is 173 Å². The molecule has 2 unspecified atom stereocenters. The second kappa shape index (κ2) is 7.96. The summed E-state index contributed by atoms with van der Waals surface area (Å²) in [5.74, 6) is 0.482. The first-order valence-electron chi connectivity index (χ1n) is 9.66. The standard InChI is InChI=1S/C21H24N4O3S/c1-3-16-10-21(27,18-5-4-6-19(24-18)28-2)7-8-25(16)20(26)14-9-17(29-13-14)15-11-22-23-12-15/h4-6,9,11-13,16,27H,3,7-8,10H2,1-2H3,(H,22,23). The number of likely N-dealkylation sites (tertiary alicyclic amines) is 1. The number of hydrogen-bond donors (Lipinski definition) is 2. The van der Waals surface area contributed by atoms with Gasteiger partial charge in [0.1, 0.15) is 5.60 Å². The Morgan fingerprint density at radius 3 is 3.07 bits per heavy atom. The molecule has 7 nitrogen and oxygen atoms in total. The number of methoxy groups -OCH3 is 1. The Kier molecular flexibility index (Phi) is 5.38. The maximum atomic E-state index is 13.2. The van der Waals surface area contributed by atoms with E-state index in [0.717, 1.165) is 16.9 Å². The molecule has 3 aromatic heterocycles. The van der Waals surface area contributed by atoms with Gasteiger partial charge in [0.2, 0.25) is 5.88 Å². The average molecular weight is 413 g/mol. The van der Waals surface area contributed by atoms with Gasteiger partial charge in [-0.1, -0.05) is 13.0 Å². The second-order valence-electron chi connectivity index (χ2n) is 7.30. The highest BCUT2D eigenvalue weighted by Crippen LogP contribution is 2.37. The monoisotopic (exact) mass is 412 g/mol. The van der Waals surface area contributed by atoms with Crippen molar-refractivity contribution in [2.75, 3.05) is 13.7 Å². The highest BCUT2D eigenvalue weighted by Gasteiger charge is 2.42. The van der Waals surface area contributed by atoms with Gasteiger partial charge in [-0.15, -0.1) is 11.3 Å². The van der Waals surface area contributed by atoms with Crippen molar-refractivity contribution in [2.24, 2.45) is 0 Å². The van der Waals surface area contributed by atoms with Crippen molar-refractivity contribution >= 4 is 17.2 Å². The summed E-state index contributed by atoms with van der Waals surface area (Å²) >= 11 is 1.53. The van der Waals surface area contributed by atoms with Gasteiger partial charge in [-0.2, -0.15) is 5.10 Å². The van der Waals surface area contributed by atoms with Crippen LogP contribution in [0.25, 0.3) is 10.4 Å². The van der Waals surface area contributed by atoms with Gasteiger partial charge in [0.15, 0.2) is 0 Å². The molecule has 1 saturated heterocycles. The molecule has 29 heavy (non-hydrogen) atoms. The normalized spacial score (nSPS) is 21.9. The van der Waals surface area contributed by atoms with E-state index in [1.54, 1.807) is 19.4 Å². The van der Waals surface area contributed by atoms with Crippen LogP contribution in [0.3, 0.4) is 0 Å². The van der Waals surface area contributed by atoms with Crippen molar-refractivity contribution < 1.29 is 14.6 Å². The topological polar surface area (TPSA) is 91.3 Å². The highest BCUT2D eigenvalue weighted by atomic mass is 32.1. The van der Waals surface area contributed by atoms with Crippen molar-refractivity contribution in [1.82, 2.24) is 20.1 Å². The number of hydrogen-bond acceptors (Lipinski definition) is 6. The Hall–Kier alpha value is -2.71. The molecule has 0 aromatic carbocycles. The number of nitrogens with zero attached hydrogens (tertiary/aromatic N) is 3. The molecule has 1 fully saturated rings. The summed E-state index contributed by atoms with van der Waals surface area (Å²) in [5.41, 5.74) is 1.18. The van der Waals surface area contributed by atoms with E-state index in [-0.39, 0.29) is 11.9 Å². The van der Waals surface area contributed by atoms with Gasteiger partial charge >= 0.3 is 0 Å². The lowest BCUT2D eigenvalue weighted by Gasteiger charge is -2.43. The maximum Gasteiger partial charge on any atom is 0.254 e. The molecule has 2 atom stereocenters. The number of ether oxygens (including phenoxy) is 1. The van der Waals surface area contributed by atoms with Crippen molar-refractivity contribution in [1.29, 1.82) is 0 Å². The van der Waals surface area contributed by atoms with E-state index >= 15 is 0 Å².